The third-order valence-corrected chi connectivity index (χ3v) is 2.63. The smallest absolute Gasteiger partial charge is 0.325 e. The maximum absolute atomic E-state index is 11.9. The number of imide groups is 1. The molecule has 1 heterocycles. The molecule has 6 heteroatoms. The van der Waals surface area contributed by atoms with Gasteiger partial charge >= 0.3 is 6.03 Å². The van der Waals surface area contributed by atoms with E-state index in [4.69, 9.17) is 4.74 Å². The lowest BCUT2D eigenvalue weighted by molar-refractivity contribution is -0.124. The van der Waals surface area contributed by atoms with Crippen molar-refractivity contribution < 1.29 is 19.1 Å². The molecule has 1 aromatic rings. The van der Waals surface area contributed by atoms with Crippen LogP contribution in [0, 0.1) is 0 Å². The fourth-order valence-corrected chi connectivity index (χ4v) is 1.65. The highest BCUT2D eigenvalue weighted by atomic mass is 16.5. The topological polar surface area (TPSA) is 75.7 Å². The van der Waals surface area contributed by atoms with Crippen LogP contribution in [-0.2, 0) is 4.79 Å². The highest BCUT2D eigenvalue weighted by Gasteiger charge is 2.30. The average Bonchev–Trinajstić information content (AvgIpc) is 2.70. The Morgan fingerprint density at radius 3 is 2.83 bits per heavy atom. The van der Waals surface area contributed by atoms with Crippen LogP contribution in [-0.4, -0.2) is 42.8 Å². The van der Waals surface area contributed by atoms with Gasteiger partial charge in [0.2, 0.25) is 5.91 Å². The standard InChI is InChI=1S/C12H12N2O4/c1-18-9-4-2-3-8(5-9)10(15)7-14-11(16)6-13-12(14)17/h2-5H,6-7H2,1H3,(H,13,17). The molecule has 18 heavy (non-hydrogen) atoms. The summed E-state index contributed by atoms with van der Waals surface area (Å²) in [6.45, 7) is -0.304. The van der Waals surface area contributed by atoms with Crippen molar-refractivity contribution in [2.24, 2.45) is 0 Å². The van der Waals surface area contributed by atoms with Crippen LogP contribution < -0.4 is 10.1 Å². The number of ketones is 1. The summed E-state index contributed by atoms with van der Waals surface area (Å²) >= 11 is 0. The number of carbonyl (C=O) groups is 3. The molecule has 1 N–H and O–H groups in total. The van der Waals surface area contributed by atoms with Gasteiger partial charge in [-0.15, -0.1) is 0 Å². The van der Waals surface area contributed by atoms with Gasteiger partial charge in [-0.2, -0.15) is 0 Å². The van der Waals surface area contributed by atoms with Gasteiger partial charge in [-0.05, 0) is 12.1 Å². The van der Waals surface area contributed by atoms with Crippen LogP contribution in [0.25, 0.3) is 0 Å². The zero-order valence-electron chi connectivity index (χ0n) is 9.80. The maximum atomic E-state index is 11.9. The molecule has 94 valence electrons. The van der Waals surface area contributed by atoms with Crippen molar-refractivity contribution >= 4 is 17.7 Å². The normalized spacial score (nSPS) is 14.6. The van der Waals surface area contributed by atoms with E-state index in [1.54, 1.807) is 24.3 Å². The van der Waals surface area contributed by atoms with Gasteiger partial charge in [0.1, 0.15) is 5.75 Å². The number of carbonyl (C=O) groups excluding carboxylic acids is 3. The van der Waals surface area contributed by atoms with Gasteiger partial charge in [-0.3, -0.25) is 14.5 Å². The number of methoxy groups -OCH3 is 1. The lowest BCUT2D eigenvalue weighted by Crippen LogP contribution is -2.35. The molecule has 0 unspecified atom stereocenters. The second kappa shape index (κ2) is 4.87. The summed E-state index contributed by atoms with van der Waals surface area (Å²) < 4.78 is 5.01. The number of benzene rings is 1. The number of hydrogen-bond donors (Lipinski definition) is 1. The predicted molar refractivity (Wildman–Crippen MR) is 62.4 cm³/mol. The van der Waals surface area contributed by atoms with E-state index in [-0.39, 0.29) is 18.9 Å². The van der Waals surface area contributed by atoms with E-state index in [0.717, 1.165) is 4.90 Å². The number of nitrogens with zero attached hydrogens (tertiary/aromatic N) is 1. The molecule has 6 nitrogen and oxygen atoms in total. The molecule has 1 fully saturated rings. The van der Waals surface area contributed by atoms with Gasteiger partial charge in [0.15, 0.2) is 5.78 Å². The summed E-state index contributed by atoms with van der Waals surface area (Å²) in [5.41, 5.74) is 0.404. The molecule has 0 radical (unpaired) electrons. The zero-order chi connectivity index (χ0) is 13.1. The number of urea groups is 1. The SMILES string of the molecule is COc1cccc(C(=O)CN2C(=O)CNC2=O)c1. The Kier molecular flexibility index (Phi) is 3.27. The number of ether oxygens (including phenoxy) is 1. The van der Waals surface area contributed by atoms with Crippen LogP contribution in [0.3, 0.4) is 0 Å². The van der Waals surface area contributed by atoms with E-state index in [1.807, 2.05) is 0 Å². The monoisotopic (exact) mass is 248 g/mol. The fraction of sp³-hybridized carbons (Fsp3) is 0.250. The number of rotatable bonds is 4. The van der Waals surface area contributed by atoms with Gasteiger partial charge in [-0.25, -0.2) is 4.79 Å². The fourth-order valence-electron chi connectivity index (χ4n) is 1.65. The summed E-state index contributed by atoms with van der Waals surface area (Å²) in [6.07, 6.45) is 0. The van der Waals surface area contributed by atoms with Crippen LogP contribution in [0.4, 0.5) is 4.79 Å². The molecular weight excluding hydrogens is 236 g/mol. The van der Waals surface area contributed by atoms with E-state index in [1.165, 1.54) is 7.11 Å². The summed E-state index contributed by atoms with van der Waals surface area (Å²) in [7, 11) is 1.50. The number of amides is 3. The van der Waals surface area contributed by atoms with Crippen molar-refractivity contribution in [1.29, 1.82) is 0 Å². The van der Waals surface area contributed by atoms with Crippen molar-refractivity contribution in [3.8, 4) is 5.75 Å². The van der Waals surface area contributed by atoms with E-state index < -0.39 is 11.9 Å². The van der Waals surface area contributed by atoms with Crippen LogP contribution in [0.15, 0.2) is 24.3 Å². The number of nitrogens with one attached hydrogen (secondary N) is 1. The Hall–Kier alpha value is -2.37. The second-order valence-electron chi connectivity index (χ2n) is 3.79. The molecule has 0 spiro atoms. The quantitative estimate of drug-likeness (QED) is 0.619. The molecule has 2 rings (SSSR count). The van der Waals surface area contributed by atoms with E-state index >= 15 is 0 Å². The Morgan fingerprint density at radius 2 is 2.22 bits per heavy atom. The summed E-state index contributed by atoms with van der Waals surface area (Å²) in [5.74, 6) is -0.145. The zero-order valence-corrected chi connectivity index (χ0v) is 9.80. The first kappa shape index (κ1) is 12.1. The molecule has 1 saturated heterocycles. The molecular formula is C12H12N2O4. The molecule has 0 aromatic heterocycles. The van der Waals surface area contributed by atoms with E-state index in [2.05, 4.69) is 5.32 Å². The largest absolute Gasteiger partial charge is 0.497 e. The first-order chi connectivity index (χ1) is 8.61. The number of hydrogen-bond acceptors (Lipinski definition) is 4. The molecule has 0 bridgehead atoms. The van der Waals surface area contributed by atoms with E-state index in [0.29, 0.717) is 11.3 Å². The molecule has 1 aliphatic rings. The first-order valence-electron chi connectivity index (χ1n) is 5.37. The third kappa shape index (κ3) is 2.32. The van der Waals surface area contributed by atoms with Crippen LogP contribution in [0.5, 0.6) is 5.75 Å². The third-order valence-electron chi connectivity index (χ3n) is 2.63. The average molecular weight is 248 g/mol. The molecule has 3 amide bonds. The molecule has 0 atom stereocenters. The molecule has 1 aromatic carbocycles. The maximum Gasteiger partial charge on any atom is 0.325 e. The Bertz CT molecular complexity index is 497. The minimum atomic E-state index is -0.531. The number of Topliss-reactive ketones (excluding diaryl/α,β-unsaturated/α-hetero) is 1. The van der Waals surface area contributed by atoms with Gasteiger partial charge in [-0.1, -0.05) is 12.1 Å². The van der Waals surface area contributed by atoms with Crippen molar-refractivity contribution in [3.05, 3.63) is 29.8 Å². The highest BCUT2D eigenvalue weighted by Crippen LogP contribution is 2.13. The van der Waals surface area contributed by atoms with Gasteiger partial charge < -0.3 is 10.1 Å². The minimum absolute atomic E-state index is 0.0514. The molecule has 0 saturated carbocycles. The van der Waals surface area contributed by atoms with Gasteiger partial charge in [0.05, 0.1) is 20.2 Å². The van der Waals surface area contributed by atoms with Gasteiger partial charge in [0.25, 0.3) is 0 Å². The van der Waals surface area contributed by atoms with Crippen LogP contribution >= 0.6 is 0 Å². The van der Waals surface area contributed by atoms with E-state index in [9.17, 15) is 14.4 Å². The van der Waals surface area contributed by atoms with Crippen molar-refractivity contribution in [2.75, 3.05) is 20.2 Å². The van der Waals surface area contributed by atoms with Crippen molar-refractivity contribution in [3.63, 3.8) is 0 Å². The van der Waals surface area contributed by atoms with Crippen molar-refractivity contribution in [2.45, 2.75) is 0 Å². The minimum Gasteiger partial charge on any atom is -0.497 e. The summed E-state index contributed by atoms with van der Waals surface area (Å²) in [4.78, 5) is 35.5. The van der Waals surface area contributed by atoms with Crippen LogP contribution in [0.2, 0.25) is 0 Å². The van der Waals surface area contributed by atoms with Gasteiger partial charge in [0, 0.05) is 5.56 Å². The summed E-state index contributed by atoms with van der Waals surface area (Å²) in [6, 6.07) is 6.04. The lowest BCUT2D eigenvalue weighted by atomic mass is 10.1. The first-order valence-corrected chi connectivity index (χ1v) is 5.37. The highest BCUT2D eigenvalue weighted by molar-refractivity contribution is 6.07. The second-order valence-corrected chi connectivity index (χ2v) is 3.79. The molecule has 0 aliphatic carbocycles. The Balaban J connectivity index is 2.12. The lowest BCUT2D eigenvalue weighted by Gasteiger charge is -2.11. The Labute approximate surface area is 104 Å². The van der Waals surface area contributed by atoms with Crippen LogP contribution in [0.1, 0.15) is 10.4 Å². The Morgan fingerprint density at radius 1 is 1.44 bits per heavy atom. The van der Waals surface area contributed by atoms with Crippen molar-refractivity contribution in [1.82, 2.24) is 10.2 Å². The summed E-state index contributed by atoms with van der Waals surface area (Å²) in [5, 5.41) is 2.36. The predicted octanol–water partition coefficient (Wildman–Crippen LogP) is 0.430. The molecule has 1 aliphatic heterocycles.